The number of hydrogen-bond acceptors (Lipinski definition) is 3. The van der Waals surface area contributed by atoms with Crippen LogP contribution in [0, 0.1) is 6.20 Å². The van der Waals surface area contributed by atoms with E-state index in [1.807, 2.05) is 18.2 Å². The van der Waals surface area contributed by atoms with Gasteiger partial charge in [-0.15, -0.1) is 17.6 Å². The number of nitrogens with two attached hydrogens (primary N) is 1. The Bertz CT molecular complexity index is 358. The van der Waals surface area contributed by atoms with E-state index in [1.165, 1.54) is 11.5 Å². The molecule has 1 radical (unpaired) electrons. The van der Waals surface area contributed by atoms with Gasteiger partial charge >= 0.3 is 0 Å². The van der Waals surface area contributed by atoms with Gasteiger partial charge in [-0.05, 0) is 5.69 Å². The van der Waals surface area contributed by atoms with E-state index in [-0.39, 0.29) is 32.7 Å². The molecular weight excluding hydrogens is 233 g/mol. The molecule has 1 aromatic carbocycles. The molecule has 4 heteroatoms. The molecule has 0 unspecified atom stereocenters. The van der Waals surface area contributed by atoms with Crippen molar-refractivity contribution in [3.63, 3.8) is 0 Å². The van der Waals surface area contributed by atoms with Crippen molar-refractivity contribution in [2.75, 3.05) is 5.73 Å². The molecule has 0 aliphatic carbocycles. The molecule has 1 heterocycles. The standard InChI is InChI=1S/C7H5N2S.Y/c8-6-1-2-7-5(3-6)4-9-10-7;/h1-3H,8H2;/q-1;. The molecule has 0 bridgehead atoms. The molecule has 0 aliphatic heterocycles. The Hall–Kier alpha value is 0.0139. The minimum atomic E-state index is 0. The summed E-state index contributed by atoms with van der Waals surface area (Å²) in [5.41, 5.74) is 6.31. The molecule has 2 N–H and O–H groups in total. The fourth-order valence-corrected chi connectivity index (χ4v) is 1.41. The normalized spacial score (nSPS) is 9.45. The molecule has 0 atom stereocenters. The summed E-state index contributed by atoms with van der Waals surface area (Å²) < 4.78 is 5.04. The average molecular weight is 238 g/mol. The summed E-state index contributed by atoms with van der Waals surface area (Å²) in [7, 11) is 0. The number of nitrogens with zero attached hydrogens (tertiary/aromatic N) is 1. The van der Waals surface area contributed by atoms with Gasteiger partial charge in [0.1, 0.15) is 0 Å². The monoisotopic (exact) mass is 238 g/mol. The van der Waals surface area contributed by atoms with E-state index in [0.29, 0.717) is 0 Å². The van der Waals surface area contributed by atoms with Gasteiger partial charge in [-0.1, -0.05) is 23.0 Å². The van der Waals surface area contributed by atoms with Crippen LogP contribution in [0.4, 0.5) is 5.69 Å². The molecule has 0 saturated heterocycles. The van der Waals surface area contributed by atoms with Crippen molar-refractivity contribution in [1.82, 2.24) is 4.37 Å². The first-order valence-electron chi connectivity index (χ1n) is 2.89. The molecule has 53 valence electrons. The molecule has 0 amide bonds. The summed E-state index contributed by atoms with van der Waals surface area (Å²) in [4.78, 5) is 0. The summed E-state index contributed by atoms with van der Waals surface area (Å²) in [5, 5.41) is 1.00. The van der Waals surface area contributed by atoms with Crippen molar-refractivity contribution in [2.24, 2.45) is 0 Å². The molecule has 11 heavy (non-hydrogen) atoms. The minimum absolute atomic E-state index is 0. The molecule has 2 aromatic rings. The zero-order valence-electron chi connectivity index (χ0n) is 5.74. The number of anilines is 1. The zero-order valence-corrected chi connectivity index (χ0v) is 9.40. The van der Waals surface area contributed by atoms with Crippen LogP contribution in [0.3, 0.4) is 0 Å². The van der Waals surface area contributed by atoms with E-state index in [9.17, 15) is 0 Å². The Morgan fingerprint density at radius 1 is 1.45 bits per heavy atom. The minimum Gasteiger partial charge on any atom is -0.409 e. The predicted octanol–water partition coefficient (Wildman–Crippen LogP) is 1.68. The van der Waals surface area contributed by atoms with Gasteiger partial charge in [0.05, 0.1) is 0 Å². The maximum Gasteiger partial charge on any atom is 0 e. The van der Waals surface area contributed by atoms with Crippen LogP contribution in [0.1, 0.15) is 0 Å². The van der Waals surface area contributed by atoms with Crippen molar-refractivity contribution < 1.29 is 32.7 Å². The topological polar surface area (TPSA) is 38.9 Å². The molecular formula is C7H5N2SY-. The van der Waals surface area contributed by atoms with Crippen LogP contribution >= 0.6 is 11.5 Å². The zero-order chi connectivity index (χ0) is 6.97. The van der Waals surface area contributed by atoms with Crippen LogP contribution in [0.5, 0.6) is 0 Å². The fraction of sp³-hybridized carbons (Fsp3) is 0. The van der Waals surface area contributed by atoms with E-state index in [4.69, 9.17) is 5.73 Å². The number of rotatable bonds is 0. The maximum atomic E-state index is 5.54. The number of hydrogen-bond donors (Lipinski definition) is 1. The Kier molecular flexibility index (Phi) is 2.99. The van der Waals surface area contributed by atoms with E-state index in [0.717, 1.165) is 15.8 Å². The predicted molar refractivity (Wildman–Crippen MR) is 42.9 cm³/mol. The van der Waals surface area contributed by atoms with Gasteiger partial charge in [0.25, 0.3) is 0 Å². The smallest absolute Gasteiger partial charge is 0 e. The van der Waals surface area contributed by atoms with E-state index in [2.05, 4.69) is 10.6 Å². The third kappa shape index (κ3) is 1.78. The van der Waals surface area contributed by atoms with E-state index < -0.39 is 0 Å². The third-order valence-corrected chi connectivity index (χ3v) is 2.05. The van der Waals surface area contributed by atoms with Crippen molar-refractivity contribution in [3.05, 3.63) is 24.4 Å². The first-order chi connectivity index (χ1) is 4.86. The second kappa shape index (κ2) is 3.61. The Labute approximate surface area is 93.8 Å². The number of fused-ring (bicyclic) bond motifs is 1. The summed E-state index contributed by atoms with van der Waals surface area (Å²) in [6, 6.07) is 5.70. The average Bonchev–Trinajstić information content (AvgIpc) is 2.33. The maximum absolute atomic E-state index is 5.54. The van der Waals surface area contributed by atoms with Crippen LogP contribution in [-0.4, -0.2) is 4.37 Å². The van der Waals surface area contributed by atoms with Gasteiger partial charge in [-0.3, -0.25) is 4.37 Å². The van der Waals surface area contributed by atoms with Gasteiger partial charge in [0.15, 0.2) is 0 Å². The second-order valence-corrected chi connectivity index (χ2v) is 2.85. The molecule has 1 aromatic heterocycles. The molecule has 2 nitrogen and oxygen atoms in total. The Morgan fingerprint density at radius 2 is 2.27 bits per heavy atom. The summed E-state index contributed by atoms with van der Waals surface area (Å²) in [6.45, 7) is 0. The molecule has 0 fully saturated rings. The third-order valence-electron chi connectivity index (χ3n) is 1.31. The Morgan fingerprint density at radius 3 is 3.09 bits per heavy atom. The quantitative estimate of drug-likeness (QED) is 0.560. The van der Waals surface area contributed by atoms with Gasteiger partial charge in [-0.25, -0.2) is 0 Å². The second-order valence-electron chi connectivity index (χ2n) is 2.05. The van der Waals surface area contributed by atoms with Crippen LogP contribution in [0.15, 0.2) is 18.2 Å². The fourth-order valence-electron chi connectivity index (χ4n) is 0.836. The molecule has 0 saturated carbocycles. The van der Waals surface area contributed by atoms with Gasteiger partial charge < -0.3 is 5.73 Å². The van der Waals surface area contributed by atoms with Gasteiger partial charge in [0.2, 0.25) is 0 Å². The first kappa shape index (κ1) is 9.10. The number of nitrogen functional groups attached to an aromatic ring is 1. The Balaban J connectivity index is 0.000000605. The van der Waals surface area contributed by atoms with Crippen LogP contribution < -0.4 is 5.73 Å². The number of benzene rings is 1. The largest absolute Gasteiger partial charge is 0.409 e. The van der Waals surface area contributed by atoms with Crippen LogP contribution in [0.2, 0.25) is 0 Å². The van der Waals surface area contributed by atoms with Crippen LogP contribution in [0.25, 0.3) is 10.1 Å². The number of aromatic nitrogens is 1. The molecule has 2 rings (SSSR count). The molecule has 0 spiro atoms. The van der Waals surface area contributed by atoms with Gasteiger partial charge in [-0.2, -0.15) is 5.39 Å². The first-order valence-corrected chi connectivity index (χ1v) is 3.66. The van der Waals surface area contributed by atoms with Gasteiger partial charge in [0, 0.05) is 32.7 Å². The summed E-state index contributed by atoms with van der Waals surface area (Å²) in [6.07, 6.45) is 2.85. The van der Waals surface area contributed by atoms with Crippen molar-refractivity contribution in [2.45, 2.75) is 0 Å². The molecule has 0 aliphatic rings. The van der Waals surface area contributed by atoms with E-state index >= 15 is 0 Å². The van der Waals surface area contributed by atoms with E-state index in [1.54, 1.807) is 0 Å². The summed E-state index contributed by atoms with van der Waals surface area (Å²) in [5.74, 6) is 0. The van der Waals surface area contributed by atoms with Crippen molar-refractivity contribution in [1.29, 1.82) is 0 Å². The van der Waals surface area contributed by atoms with Crippen molar-refractivity contribution >= 4 is 27.3 Å². The SMILES string of the molecule is Nc1ccc2sn[c-]c2c1.[Y]. The summed E-state index contributed by atoms with van der Waals surface area (Å²) >= 11 is 1.43. The van der Waals surface area contributed by atoms with Crippen molar-refractivity contribution in [3.8, 4) is 0 Å². The van der Waals surface area contributed by atoms with Crippen LogP contribution in [-0.2, 0) is 32.7 Å².